The molecule has 1 radical (unpaired) electrons. The van der Waals surface area contributed by atoms with Crippen LogP contribution in [0.25, 0.3) is 0 Å². The van der Waals surface area contributed by atoms with Crippen LogP contribution in [-0.4, -0.2) is 26.8 Å². The van der Waals surface area contributed by atoms with Crippen LogP contribution < -0.4 is 0 Å². The van der Waals surface area contributed by atoms with E-state index in [1.54, 1.807) is 0 Å². The van der Waals surface area contributed by atoms with Gasteiger partial charge in [-0.15, -0.1) is 0 Å². The van der Waals surface area contributed by atoms with E-state index in [9.17, 15) is 0 Å². The van der Waals surface area contributed by atoms with Crippen molar-refractivity contribution in [3.05, 3.63) is 0 Å². The monoisotopic (exact) mass is 169 g/mol. The number of hydrogen-bond donors (Lipinski definition) is 1. The van der Waals surface area contributed by atoms with E-state index in [4.69, 9.17) is 8.33 Å². The Morgan fingerprint density at radius 3 is 2.25 bits per heavy atom. The zero-order chi connectivity index (χ0) is 3.41. The van der Waals surface area contributed by atoms with Crippen molar-refractivity contribution >= 4 is 21.5 Å². The average molecular weight is 168 g/mol. The number of hydrogen-bond acceptors (Lipinski definition) is 3. The van der Waals surface area contributed by atoms with Crippen LogP contribution in [-0.2, 0) is 6.30 Å². The molecule has 0 heterocycles. The first-order valence-corrected chi connectivity index (χ1v) is 2.92. The molecule has 0 fully saturated rings. The average Bonchev–Trinajstić information content (AvgIpc) is 1.37. The van der Waals surface area contributed by atoms with Crippen molar-refractivity contribution in [3.8, 4) is 0 Å². The van der Waals surface area contributed by atoms with Crippen LogP contribution in [0.5, 0.6) is 0 Å². The molecule has 0 aliphatic rings. The van der Waals surface area contributed by atoms with E-state index >= 15 is 0 Å². The molecule has 0 atom stereocenters. The molecule has 3 nitrogen and oxygen atoms in total. The van der Waals surface area contributed by atoms with Gasteiger partial charge in [-0.1, -0.05) is 0 Å². The molecular formula is HO3Sn. The van der Waals surface area contributed by atoms with E-state index in [2.05, 4.69) is 3.22 Å². The van der Waals surface area contributed by atoms with Gasteiger partial charge in [0, 0.05) is 0 Å². The standard InChI is InChI=1S/H2O2.O.Sn/c1-2;;/h1-2H;;/q;;+1/p-1. The van der Waals surface area contributed by atoms with Crippen LogP contribution in [0.4, 0.5) is 0 Å². The third-order valence-electron chi connectivity index (χ3n) is 0.0373. The molecule has 1 N–H and O–H groups in total. The summed E-state index contributed by atoms with van der Waals surface area (Å²) in [5, 5.41) is 7.14. The first-order chi connectivity index (χ1) is 1.91. The van der Waals surface area contributed by atoms with Gasteiger partial charge in [0.1, 0.15) is 0 Å². The van der Waals surface area contributed by atoms with Crippen LogP contribution in [0.2, 0.25) is 0 Å². The van der Waals surface area contributed by atoms with Crippen molar-refractivity contribution in [2.75, 3.05) is 0 Å². The maximum absolute atomic E-state index is 9.00. The molecule has 4 heteroatoms. The van der Waals surface area contributed by atoms with Crippen molar-refractivity contribution in [1.29, 1.82) is 0 Å². The summed E-state index contributed by atoms with van der Waals surface area (Å²) in [5.41, 5.74) is 0. The Balaban J connectivity index is 2.30. The minimum atomic E-state index is -1.97. The third-order valence-corrected chi connectivity index (χ3v) is 0.250. The Morgan fingerprint density at radius 1 is 2.00 bits per heavy atom. The fraction of sp³-hybridized carbons (Fsp3) is 0. The summed E-state index contributed by atoms with van der Waals surface area (Å²) in [5.74, 6) is 0. The quantitative estimate of drug-likeness (QED) is 0.324. The second kappa shape index (κ2) is 3.52. The summed E-state index contributed by atoms with van der Waals surface area (Å²) in [6.07, 6.45) is 0. The third kappa shape index (κ3) is 2.52. The normalized spacial score (nSPS) is 6.25. The molecule has 23 valence electrons. The summed E-state index contributed by atoms with van der Waals surface area (Å²) < 4.78 is 12.2. The van der Waals surface area contributed by atoms with Crippen LogP contribution in [0.1, 0.15) is 0 Å². The van der Waals surface area contributed by atoms with Crippen molar-refractivity contribution in [1.82, 2.24) is 0 Å². The van der Waals surface area contributed by atoms with Gasteiger partial charge < -0.3 is 0 Å². The van der Waals surface area contributed by atoms with Gasteiger partial charge in [0.25, 0.3) is 0 Å². The zero-order valence-electron chi connectivity index (χ0n) is 1.76. The van der Waals surface area contributed by atoms with Gasteiger partial charge in [-0.05, 0) is 0 Å². The van der Waals surface area contributed by atoms with Gasteiger partial charge in [-0.3, -0.25) is 0 Å². The summed E-state index contributed by atoms with van der Waals surface area (Å²) in [4.78, 5) is 0. The van der Waals surface area contributed by atoms with Crippen LogP contribution in [0.3, 0.4) is 0 Å². The fourth-order valence-corrected chi connectivity index (χ4v) is 0. The van der Waals surface area contributed by atoms with Crippen LogP contribution >= 0.6 is 0 Å². The predicted molar refractivity (Wildman–Crippen MR) is 10.2 cm³/mol. The summed E-state index contributed by atoms with van der Waals surface area (Å²) in [7, 11) is 0. The van der Waals surface area contributed by atoms with E-state index < -0.39 is 21.5 Å². The van der Waals surface area contributed by atoms with E-state index in [-0.39, 0.29) is 0 Å². The van der Waals surface area contributed by atoms with Crippen molar-refractivity contribution in [3.63, 3.8) is 0 Å². The summed E-state index contributed by atoms with van der Waals surface area (Å²) >= 11 is -1.97. The van der Waals surface area contributed by atoms with E-state index in [0.29, 0.717) is 0 Å². The van der Waals surface area contributed by atoms with Crippen molar-refractivity contribution in [2.45, 2.75) is 0 Å². The molecule has 0 unspecified atom stereocenters. The molecule has 0 spiro atoms. The first-order valence-electron chi connectivity index (χ1n) is 0.591. The van der Waals surface area contributed by atoms with Crippen LogP contribution in [0.15, 0.2) is 0 Å². The second-order valence-electron chi connectivity index (χ2n) is 0.175. The van der Waals surface area contributed by atoms with Crippen molar-refractivity contribution in [2.24, 2.45) is 0 Å². The Hall–Kier alpha value is 0.519. The topological polar surface area (TPSA) is 46.5 Å². The fourth-order valence-electron chi connectivity index (χ4n) is 0. The van der Waals surface area contributed by atoms with Gasteiger partial charge >= 0.3 is 33.1 Å². The summed E-state index contributed by atoms with van der Waals surface area (Å²) in [6.45, 7) is 0. The van der Waals surface area contributed by atoms with Crippen LogP contribution in [0, 0.1) is 0 Å². The molecular weight excluding hydrogens is 167 g/mol. The maximum atomic E-state index is 9.00. The molecule has 0 saturated carbocycles. The Bertz CT molecular complexity index is 17.2. The van der Waals surface area contributed by atoms with Gasteiger partial charge in [-0.25, -0.2) is 0 Å². The Kier molecular flexibility index (Phi) is 3.97. The predicted octanol–water partition coefficient (Wildman–Crippen LogP) is -0.559. The van der Waals surface area contributed by atoms with Crippen molar-refractivity contribution < 1.29 is 11.6 Å². The van der Waals surface area contributed by atoms with Gasteiger partial charge in [0.2, 0.25) is 0 Å². The van der Waals surface area contributed by atoms with E-state index in [1.165, 1.54) is 0 Å². The SMILES string of the molecule is [O]=[Sn][O]O. The summed E-state index contributed by atoms with van der Waals surface area (Å²) in [6, 6.07) is 0. The van der Waals surface area contributed by atoms with Gasteiger partial charge in [0.05, 0.1) is 0 Å². The second-order valence-corrected chi connectivity index (χ2v) is 1.17. The molecule has 0 aromatic heterocycles. The molecule has 0 aliphatic carbocycles. The first kappa shape index (κ1) is 4.52. The van der Waals surface area contributed by atoms with Gasteiger partial charge in [-0.2, -0.15) is 0 Å². The minimum absolute atomic E-state index is 1.97. The number of rotatable bonds is 1. The molecule has 0 bridgehead atoms. The van der Waals surface area contributed by atoms with Gasteiger partial charge in [0.15, 0.2) is 0 Å². The zero-order valence-corrected chi connectivity index (χ0v) is 4.62. The van der Waals surface area contributed by atoms with E-state index in [0.717, 1.165) is 0 Å². The molecule has 0 saturated heterocycles. The van der Waals surface area contributed by atoms with E-state index in [1.807, 2.05) is 0 Å². The molecule has 0 amide bonds. The molecule has 0 rings (SSSR count). The Labute approximate surface area is 33.7 Å². The molecule has 4 heavy (non-hydrogen) atoms. The molecule has 0 aliphatic heterocycles. The molecule has 0 aromatic carbocycles. The Morgan fingerprint density at radius 2 is 2.25 bits per heavy atom. The molecule has 0 aromatic rings.